The van der Waals surface area contributed by atoms with Crippen LogP contribution < -0.4 is 0 Å². The van der Waals surface area contributed by atoms with Crippen LogP contribution in [0.4, 0.5) is 0 Å². The highest BCUT2D eigenvalue weighted by Gasteiger charge is 1.70. The molecule has 0 radical (unpaired) electrons. The summed E-state index contributed by atoms with van der Waals surface area (Å²) in [7, 11) is 0. The van der Waals surface area contributed by atoms with Gasteiger partial charge in [0.25, 0.3) is 0 Å². The zero-order valence-electron chi connectivity index (χ0n) is 7.87. The summed E-state index contributed by atoms with van der Waals surface area (Å²) in [6.07, 6.45) is 8.06. The van der Waals surface area contributed by atoms with Crippen molar-refractivity contribution in [1.29, 1.82) is 0 Å². The summed E-state index contributed by atoms with van der Waals surface area (Å²) in [5.74, 6) is 0. The fraction of sp³-hybridized carbons (Fsp3) is 0.400. The smallest absolute Gasteiger partial charge is 0.0248 e. The molecule has 0 atom stereocenters. The molecule has 1 aliphatic rings. The van der Waals surface area contributed by atoms with E-state index in [-0.39, 0.29) is 0 Å². The van der Waals surface area contributed by atoms with Gasteiger partial charge in [-0.3, -0.25) is 0 Å². The van der Waals surface area contributed by atoms with Crippen LogP contribution in [0.2, 0.25) is 0 Å². The van der Waals surface area contributed by atoms with Gasteiger partial charge in [0.15, 0.2) is 0 Å². The van der Waals surface area contributed by atoms with E-state index in [2.05, 4.69) is 0 Å². The van der Waals surface area contributed by atoms with Crippen molar-refractivity contribution in [2.45, 2.75) is 27.7 Å². The Balaban J connectivity index is 0. The summed E-state index contributed by atoms with van der Waals surface area (Å²) in [6.45, 7) is 8.00. The molecule has 1 heterocycles. The summed E-state index contributed by atoms with van der Waals surface area (Å²) < 4.78 is 0. The monoisotopic (exact) mass is 170 g/mol. The first kappa shape index (κ1) is 13.2. The lowest BCUT2D eigenvalue weighted by atomic mass is 10.5. The minimum absolute atomic E-state index is 1.69. The van der Waals surface area contributed by atoms with Gasteiger partial charge >= 0.3 is 0 Å². The second-order valence-corrected chi connectivity index (χ2v) is 1.99. The van der Waals surface area contributed by atoms with Crippen molar-refractivity contribution in [3.8, 4) is 0 Å². The Labute approximate surface area is 75.1 Å². The predicted octanol–water partition coefficient (Wildman–Crippen LogP) is 4.37. The molecular formula is C10H18S. The third kappa shape index (κ3) is 12.7. The van der Waals surface area contributed by atoms with Gasteiger partial charge in [-0.2, -0.15) is 0 Å². The molecule has 0 spiro atoms. The molecule has 0 saturated heterocycles. The summed E-state index contributed by atoms with van der Waals surface area (Å²) >= 11 is 1.69. The maximum atomic E-state index is 2.04. The molecule has 0 aromatic carbocycles. The fourth-order valence-electron chi connectivity index (χ4n) is 0.355. The summed E-state index contributed by atoms with van der Waals surface area (Å²) in [5, 5.41) is 4.08. The summed E-state index contributed by atoms with van der Waals surface area (Å²) in [6, 6.07) is 0. The SMILES string of the molecule is C1=CC=CSC=C1.CC.CC. The predicted molar refractivity (Wildman–Crippen MR) is 57.7 cm³/mol. The first-order valence-electron chi connectivity index (χ1n) is 4.14. The third-order valence-corrected chi connectivity index (χ3v) is 1.28. The topological polar surface area (TPSA) is 0 Å². The second-order valence-electron chi connectivity index (χ2n) is 1.18. The fourth-order valence-corrected chi connectivity index (χ4v) is 0.809. The van der Waals surface area contributed by atoms with E-state index in [0.717, 1.165) is 0 Å². The molecule has 0 aliphatic carbocycles. The van der Waals surface area contributed by atoms with Crippen LogP contribution in [0.15, 0.2) is 35.1 Å². The molecule has 11 heavy (non-hydrogen) atoms. The van der Waals surface area contributed by atoms with Crippen LogP contribution in [0, 0.1) is 0 Å². The van der Waals surface area contributed by atoms with Gasteiger partial charge in [0.2, 0.25) is 0 Å². The van der Waals surface area contributed by atoms with Crippen LogP contribution in [0.25, 0.3) is 0 Å². The zero-order valence-corrected chi connectivity index (χ0v) is 8.69. The van der Waals surface area contributed by atoms with E-state index in [1.54, 1.807) is 11.8 Å². The molecule has 0 amide bonds. The maximum Gasteiger partial charge on any atom is -0.0248 e. The number of rotatable bonds is 0. The Morgan fingerprint density at radius 3 is 1.36 bits per heavy atom. The van der Waals surface area contributed by atoms with Crippen molar-refractivity contribution in [3.05, 3.63) is 35.1 Å². The first-order chi connectivity index (χ1) is 5.50. The second kappa shape index (κ2) is 16.3. The largest absolute Gasteiger partial charge is 0.106 e. The van der Waals surface area contributed by atoms with E-state index in [1.165, 1.54) is 0 Å². The van der Waals surface area contributed by atoms with E-state index in [1.807, 2.05) is 62.8 Å². The molecule has 1 rings (SSSR count). The molecular weight excluding hydrogens is 152 g/mol. The number of hydrogen-bond acceptors (Lipinski definition) is 1. The third-order valence-electron chi connectivity index (χ3n) is 0.648. The van der Waals surface area contributed by atoms with Crippen LogP contribution in [0.3, 0.4) is 0 Å². The molecule has 0 aromatic rings. The summed E-state index contributed by atoms with van der Waals surface area (Å²) in [4.78, 5) is 0. The average Bonchev–Trinajstić information content (AvgIpc) is 2.42. The van der Waals surface area contributed by atoms with Crippen LogP contribution in [-0.2, 0) is 0 Å². The van der Waals surface area contributed by atoms with E-state index < -0.39 is 0 Å². The lowest BCUT2D eigenvalue weighted by Crippen LogP contribution is -1.38. The van der Waals surface area contributed by atoms with E-state index >= 15 is 0 Å². The molecule has 0 unspecified atom stereocenters. The van der Waals surface area contributed by atoms with Crippen molar-refractivity contribution in [1.82, 2.24) is 0 Å². The Kier molecular flexibility index (Phi) is 19.5. The minimum atomic E-state index is 1.69. The van der Waals surface area contributed by atoms with Crippen molar-refractivity contribution in [2.24, 2.45) is 0 Å². The van der Waals surface area contributed by atoms with Crippen LogP contribution >= 0.6 is 11.8 Å². The zero-order chi connectivity index (χ0) is 8.95. The van der Waals surface area contributed by atoms with Gasteiger partial charge in [-0.25, -0.2) is 0 Å². The highest BCUT2D eigenvalue weighted by Crippen LogP contribution is 2.06. The molecule has 0 bridgehead atoms. The van der Waals surface area contributed by atoms with Gasteiger partial charge in [-0.15, -0.1) is 11.8 Å². The number of thioether (sulfide) groups is 1. The molecule has 0 saturated carbocycles. The molecule has 0 fully saturated rings. The van der Waals surface area contributed by atoms with Gasteiger partial charge in [0.1, 0.15) is 0 Å². The summed E-state index contributed by atoms with van der Waals surface area (Å²) in [5.41, 5.74) is 0. The minimum Gasteiger partial charge on any atom is -0.106 e. The van der Waals surface area contributed by atoms with E-state index in [4.69, 9.17) is 0 Å². The van der Waals surface area contributed by atoms with Crippen LogP contribution in [0.5, 0.6) is 0 Å². The van der Waals surface area contributed by atoms with Crippen LogP contribution in [0.1, 0.15) is 27.7 Å². The first-order valence-corrected chi connectivity index (χ1v) is 5.08. The lowest BCUT2D eigenvalue weighted by molar-refractivity contribution is 1.50. The normalized spacial score (nSPS) is 12.0. The lowest BCUT2D eigenvalue weighted by Gasteiger charge is -1.69. The van der Waals surface area contributed by atoms with Gasteiger partial charge in [0, 0.05) is 0 Å². The van der Waals surface area contributed by atoms with Gasteiger partial charge < -0.3 is 0 Å². The highest BCUT2D eigenvalue weighted by molar-refractivity contribution is 8.04. The van der Waals surface area contributed by atoms with Gasteiger partial charge in [-0.05, 0) is 10.8 Å². The average molecular weight is 170 g/mol. The van der Waals surface area contributed by atoms with Crippen molar-refractivity contribution in [3.63, 3.8) is 0 Å². The Hall–Kier alpha value is -0.430. The number of allylic oxidation sites excluding steroid dienone is 4. The van der Waals surface area contributed by atoms with Gasteiger partial charge in [-0.1, -0.05) is 52.0 Å². The maximum absolute atomic E-state index is 2.04. The molecule has 0 nitrogen and oxygen atoms in total. The molecule has 0 N–H and O–H groups in total. The van der Waals surface area contributed by atoms with Gasteiger partial charge in [0.05, 0.1) is 0 Å². The number of hydrogen-bond donors (Lipinski definition) is 0. The van der Waals surface area contributed by atoms with Crippen molar-refractivity contribution in [2.75, 3.05) is 0 Å². The van der Waals surface area contributed by atoms with E-state index in [0.29, 0.717) is 0 Å². The van der Waals surface area contributed by atoms with Crippen molar-refractivity contribution < 1.29 is 0 Å². The quantitative estimate of drug-likeness (QED) is 0.520. The van der Waals surface area contributed by atoms with E-state index in [9.17, 15) is 0 Å². The standard InChI is InChI=1S/C6H6S.2C2H6/c1-2-4-6-7-5-3-1;2*1-2/h1-6H;2*1-2H3. The molecule has 1 aliphatic heterocycles. The Morgan fingerprint density at radius 1 is 0.636 bits per heavy atom. The molecule has 1 heteroatoms. The Morgan fingerprint density at radius 2 is 1.00 bits per heavy atom. The molecule has 0 aromatic heterocycles. The highest BCUT2D eigenvalue weighted by atomic mass is 32.2. The molecule has 64 valence electrons. The Bertz CT molecular complexity index is 107. The van der Waals surface area contributed by atoms with Crippen molar-refractivity contribution >= 4 is 11.8 Å². The van der Waals surface area contributed by atoms with Crippen LogP contribution in [-0.4, -0.2) is 0 Å².